The number of benzene rings is 1. The maximum absolute atomic E-state index is 11.9. The van der Waals surface area contributed by atoms with Crippen molar-refractivity contribution in [3.8, 4) is 5.75 Å². The van der Waals surface area contributed by atoms with Crippen molar-refractivity contribution >= 4 is 5.91 Å². The maximum Gasteiger partial charge on any atom is 0.251 e. The third-order valence-electron chi connectivity index (χ3n) is 2.95. The van der Waals surface area contributed by atoms with Crippen LogP contribution in [0.3, 0.4) is 0 Å². The fourth-order valence-corrected chi connectivity index (χ4v) is 1.22. The number of aryl methyl sites for hydroxylation is 1. The molecule has 4 nitrogen and oxygen atoms in total. The summed E-state index contributed by atoms with van der Waals surface area (Å²) in [5.41, 5.74) is 0.385. The van der Waals surface area contributed by atoms with Crippen LogP contribution in [-0.2, 0) is 0 Å². The van der Waals surface area contributed by atoms with Crippen LogP contribution in [0.1, 0.15) is 36.7 Å². The molecule has 17 heavy (non-hydrogen) atoms. The number of aromatic hydroxyl groups is 1. The first-order valence-electron chi connectivity index (χ1n) is 5.54. The Balaban J connectivity index is 2.87. The van der Waals surface area contributed by atoms with Crippen molar-refractivity contribution in [1.29, 1.82) is 0 Å². The van der Waals surface area contributed by atoms with E-state index in [1.165, 1.54) is 6.07 Å². The molecule has 0 heterocycles. The number of amides is 1. The Morgan fingerprint density at radius 3 is 2.47 bits per heavy atom. The summed E-state index contributed by atoms with van der Waals surface area (Å²) in [6.45, 7) is 6.86. The average Bonchev–Trinajstić information content (AvgIpc) is 2.21. The van der Waals surface area contributed by atoms with Gasteiger partial charge in [-0.1, -0.05) is 6.07 Å². The minimum atomic E-state index is -0.711. The number of phenols is 1. The van der Waals surface area contributed by atoms with Gasteiger partial charge in [0, 0.05) is 5.56 Å². The molecule has 0 saturated carbocycles. The first kappa shape index (κ1) is 13.5. The van der Waals surface area contributed by atoms with Gasteiger partial charge in [-0.05, 0) is 45.4 Å². The third-order valence-corrected chi connectivity index (χ3v) is 2.95. The first-order chi connectivity index (χ1) is 7.74. The van der Waals surface area contributed by atoms with E-state index in [9.17, 15) is 15.0 Å². The zero-order valence-corrected chi connectivity index (χ0v) is 10.6. The lowest BCUT2D eigenvalue weighted by atomic mass is 9.98. The molecule has 0 aliphatic carbocycles. The Labute approximate surface area is 101 Å². The number of rotatable bonds is 3. The Hall–Kier alpha value is -1.55. The van der Waals surface area contributed by atoms with Gasteiger partial charge >= 0.3 is 0 Å². The molecular weight excluding hydrogens is 218 g/mol. The monoisotopic (exact) mass is 237 g/mol. The second-order valence-corrected chi connectivity index (χ2v) is 4.85. The highest BCUT2D eigenvalue weighted by Gasteiger charge is 2.26. The Kier molecular flexibility index (Phi) is 3.78. The number of phenolic OH excluding ortho intramolecular Hbond substituents is 1. The fourth-order valence-electron chi connectivity index (χ4n) is 1.22. The van der Waals surface area contributed by atoms with Crippen molar-refractivity contribution in [1.82, 2.24) is 5.32 Å². The van der Waals surface area contributed by atoms with E-state index in [-0.39, 0.29) is 11.7 Å². The molecule has 0 bridgehead atoms. The van der Waals surface area contributed by atoms with E-state index in [1.807, 2.05) is 0 Å². The summed E-state index contributed by atoms with van der Waals surface area (Å²) in [6, 6.07) is 4.74. The van der Waals surface area contributed by atoms with Crippen molar-refractivity contribution in [3.63, 3.8) is 0 Å². The Morgan fingerprint density at radius 2 is 2.00 bits per heavy atom. The van der Waals surface area contributed by atoms with E-state index in [1.54, 1.807) is 39.8 Å². The average molecular weight is 237 g/mol. The van der Waals surface area contributed by atoms with Gasteiger partial charge in [-0.25, -0.2) is 0 Å². The molecule has 1 rings (SSSR count). The molecule has 0 aromatic heterocycles. The molecule has 0 aliphatic heterocycles. The molecular formula is C13H19NO3. The molecule has 0 aliphatic rings. The Bertz CT molecular complexity index is 425. The van der Waals surface area contributed by atoms with E-state index in [2.05, 4.69) is 5.32 Å². The van der Waals surface area contributed by atoms with Gasteiger partial charge in [0.05, 0.1) is 11.6 Å². The molecule has 1 unspecified atom stereocenters. The molecule has 1 atom stereocenters. The topological polar surface area (TPSA) is 69.6 Å². The third kappa shape index (κ3) is 3.20. The van der Waals surface area contributed by atoms with Gasteiger partial charge < -0.3 is 15.5 Å². The SMILES string of the molecule is Cc1ccc(C(=O)NC(C)(C)C(C)O)cc1O. The van der Waals surface area contributed by atoms with Crippen LogP contribution in [0, 0.1) is 6.92 Å². The van der Waals surface area contributed by atoms with Crippen molar-refractivity contribution in [2.24, 2.45) is 0 Å². The predicted molar refractivity (Wildman–Crippen MR) is 66.1 cm³/mol. The molecule has 4 heteroatoms. The van der Waals surface area contributed by atoms with Gasteiger partial charge in [-0.15, -0.1) is 0 Å². The standard InChI is InChI=1S/C13H19NO3/c1-8-5-6-10(7-11(8)16)12(17)14-13(3,4)9(2)15/h5-7,9,15-16H,1-4H3,(H,14,17). The second kappa shape index (κ2) is 4.75. The lowest BCUT2D eigenvalue weighted by Crippen LogP contribution is -2.50. The number of nitrogens with one attached hydrogen (secondary N) is 1. The molecule has 0 saturated heterocycles. The van der Waals surface area contributed by atoms with Crippen LogP contribution < -0.4 is 5.32 Å². The summed E-state index contributed by atoms with van der Waals surface area (Å²) in [7, 11) is 0. The lowest BCUT2D eigenvalue weighted by Gasteiger charge is -2.29. The molecule has 1 aromatic carbocycles. The highest BCUT2D eigenvalue weighted by atomic mass is 16.3. The van der Waals surface area contributed by atoms with Crippen molar-refractivity contribution < 1.29 is 15.0 Å². The van der Waals surface area contributed by atoms with E-state index in [0.29, 0.717) is 5.56 Å². The molecule has 0 radical (unpaired) electrons. The highest BCUT2D eigenvalue weighted by molar-refractivity contribution is 5.95. The van der Waals surface area contributed by atoms with Gasteiger partial charge in [-0.2, -0.15) is 0 Å². The number of aliphatic hydroxyl groups excluding tert-OH is 1. The maximum atomic E-state index is 11.9. The molecule has 1 amide bonds. The smallest absolute Gasteiger partial charge is 0.251 e. The lowest BCUT2D eigenvalue weighted by molar-refractivity contribution is 0.0709. The van der Waals surface area contributed by atoms with Crippen LogP contribution in [0.5, 0.6) is 5.75 Å². The normalized spacial score (nSPS) is 13.2. The van der Waals surface area contributed by atoms with Gasteiger partial charge in [0.25, 0.3) is 5.91 Å². The van der Waals surface area contributed by atoms with E-state index < -0.39 is 11.6 Å². The number of aliphatic hydroxyl groups is 1. The van der Waals surface area contributed by atoms with Crippen molar-refractivity contribution in [2.45, 2.75) is 39.3 Å². The van der Waals surface area contributed by atoms with Crippen LogP contribution >= 0.6 is 0 Å². The summed E-state index contributed by atoms with van der Waals surface area (Å²) in [4.78, 5) is 11.9. The fraction of sp³-hybridized carbons (Fsp3) is 0.462. The van der Waals surface area contributed by atoms with E-state index in [4.69, 9.17) is 0 Å². The van der Waals surface area contributed by atoms with Crippen LogP contribution in [0.15, 0.2) is 18.2 Å². The van der Waals surface area contributed by atoms with Crippen LogP contribution in [0.25, 0.3) is 0 Å². The Morgan fingerprint density at radius 1 is 1.41 bits per heavy atom. The minimum Gasteiger partial charge on any atom is -0.508 e. The molecule has 0 spiro atoms. The van der Waals surface area contributed by atoms with Crippen molar-refractivity contribution in [3.05, 3.63) is 29.3 Å². The van der Waals surface area contributed by atoms with E-state index in [0.717, 1.165) is 5.56 Å². The number of hydrogen-bond acceptors (Lipinski definition) is 3. The molecule has 0 fully saturated rings. The highest BCUT2D eigenvalue weighted by Crippen LogP contribution is 2.18. The zero-order chi connectivity index (χ0) is 13.2. The van der Waals surface area contributed by atoms with Gasteiger partial charge in [0.2, 0.25) is 0 Å². The molecule has 94 valence electrons. The van der Waals surface area contributed by atoms with Crippen LogP contribution in [0.2, 0.25) is 0 Å². The van der Waals surface area contributed by atoms with Crippen molar-refractivity contribution in [2.75, 3.05) is 0 Å². The number of carbonyl (C=O) groups is 1. The summed E-state index contributed by atoms with van der Waals surface area (Å²) < 4.78 is 0. The summed E-state index contributed by atoms with van der Waals surface area (Å²) in [5.74, 6) is -0.223. The second-order valence-electron chi connectivity index (χ2n) is 4.85. The van der Waals surface area contributed by atoms with Crippen LogP contribution in [0.4, 0.5) is 0 Å². The largest absolute Gasteiger partial charge is 0.508 e. The minimum absolute atomic E-state index is 0.0903. The van der Waals surface area contributed by atoms with E-state index >= 15 is 0 Å². The predicted octanol–water partition coefficient (Wildman–Crippen LogP) is 1.59. The van der Waals surface area contributed by atoms with Gasteiger partial charge in [0.1, 0.15) is 5.75 Å². The van der Waals surface area contributed by atoms with Gasteiger partial charge in [0.15, 0.2) is 0 Å². The number of carbonyl (C=O) groups excluding carboxylic acids is 1. The zero-order valence-electron chi connectivity index (χ0n) is 10.6. The quantitative estimate of drug-likeness (QED) is 0.747. The molecule has 1 aromatic rings. The summed E-state index contributed by atoms with van der Waals surface area (Å²) in [6.07, 6.45) is -0.662. The molecule has 3 N–H and O–H groups in total. The summed E-state index contributed by atoms with van der Waals surface area (Å²) in [5, 5.41) is 21.8. The number of hydrogen-bond donors (Lipinski definition) is 3. The first-order valence-corrected chi connectivity index (χ1v) is 5.54. The van der Waals surface area contributed by atoms with Crippen LogP contribution in [-0.4, -0.2) is 27.8 Å². The summed E-state index contributed by atoms with van der Waals surface area (Å²) >= 11 is 0. The van der Waals surface area contributed by atoms with Gasteiger partial charge in [-0.3, -0.25) is 4.79 Å².